The normalized spacial score (nSPS) is 17.0. The third kappa shape index (κ3) is 5.77. The molecule has 0 aromatic heterocycles. The number of methoxy groups -OCH3 is 2. The van der Waals surface area contributed by atoms with Crippen molar-refractivity contribution in [2.45, 2.75) is 38.6 Å². The van der Waals surface area contributed by atoms with Crippen LogP contribution < -0.4 is 9.47 Å². The Balaban J connectivity index is 1.83. The van der Waals surface area contributed by atoms with Crippen molar-refractivity contribution in [3.05, 3.63) is 98.5 Å². The van der Waals surface area contributed by atoms with Crippen molar-refractivity contribution in [3.8, 4) is 11.5 Å². The van der Waals surface area contributed by atoms with Crippen molar-refractivity contribution < 1.29 is 24.2 Å². The van der Waals surface area contributed by atoms with Crippen LogP contribution in [-0.2, 0) is 21.4 Å². The molecule has 8 heteroatoms. The predicted molar refractivity (Wildman–Crippen MR) is 154 cm³/mol. The summed E-state index contributed by atoms with van der Waals surface area (Å²) in [6, 6.07) is 17.4. The van der Waals surface area contributed by atoms with Gasteiger partial charge in [0.25, 0.3) is 11.7 Å². The van der Waals surface area contributed by atoms with Gasteiger partial charge in [0.05, 0.1) is 36.4 Å². The summed E-state index contributed by atoms with van der Waals surface area (Å²) in [6.07, 6.45) is 0.500. The summed E-state index contributed by atoms with van der Waals surface area (Å²) in [6.45, 7) is 6.58. The van der Waals surface area contributed by atoms with Gasteiger partial charge in [0.15, 0.2) is 0 Å². The molecule has 0 radical (unpaired) electrons. The van der Waals surface area contributed by atoms with E-state index in [9.17, 15) is 14.7 Å². The van der Waals surface area contributed by atoms with Crippen LogP contribution in [0, 0.1) is 0 Å². The third-order valence-corrected chi connectivity index (χ3v) is 7.40. The molecule has 1 heterocycles. The average Bonchev–Trinajstić information content (AvgIpc) is 3.16. The summed E-state index contributed by atoms with van der Waals surface area (Å²) in [7, 11) is 3.00. The second kappa shape index (κ2) is 11.3. The van der Waals surface area contributed by atoms with E-state index in [2.05, 4.69) is 20.8 Å². The van der Waals surface area contributed by atoms with Gasteiger partial charge in [0.1, 0.15) is 17.3 Å². The first kappa shape index (κ1) is 28.5. The van der Waals surface area contributed by atoms with E-state index in [0.29, 0.717) is 12.0 Å². The molecule has 6 nitrogen and oxygen atoms in total. The van der Waals surface area contributed by atoms with E-state index in [1.54, 1.807) is 7.11 Å². The molecule has 1 aliphatic heterocycles. The van der Waals surface area contributed by atoms with E-state index < -0.39 is 23.5 Å². The number of hydrogen-bond acceptors (Lipinski definition) is 5. The molecule has 0 saturated carbocycles. The number of rotatable bonds is 7. The number of hydrogen-bond donors (Lipinski definition) is 1. The second-order valence-corrected chi connectivity index (χ2v) is 11.3. The van der Waals surface area contributed by atoms with Crippen LogP contribution >= 0.6 is 23.2 Å². The molecule has 0 aliphatic carbocycles. The Morgan fingerprint density at radius 3 is 2.15 bits per heavy atom. The number of likely N-dealkylation sites (tertiary alicyclic amines) is 1. The zero-order chi connectivity index (χ0) is 28.5. The van der Waals surface area contributed by atoms with Crippen LogP contribution in [0.25, 0.3) is 5.76 Å². The summed E-state index contributed by atoms with van der Waals surface area (Å²) in [4.78, 5) is 28.4. The number of ketones is 1. The number of carbonyl (C=O) groups excluding carboxylic acids is 2. The van der Waals surface area contributed by atoms with Gasteiger partial charge in [-0.1, -0.05) is 80.4 Å². The van der Waals surface area contributed by atoms with Gasteiger partial charge >= 0.3 is 0 Å². The molecule has 204 valence electrons. The van der Waals surface area contributed by atoms with E-state index in [1.807, 2.05) is 48.5 Å². The number of nitrogens with zero attached hydrogens (tertiary/aromatic N) is 1. The zero-order valence-electron chi connectivity index (χ0n) is 22.5. The molecule has 1 N–H and O–H groups in total. The van der Waals surface area contributed by atoms with Crippen LogP contribution in [0.5, 0.6) is 11.5 Å². The van der Waals surface area contributed by atoms with Crippen molar-refractivity contribution in [2.24, 2.45) is 0 Å². The highest BCUT2D eigenvalue weighted by Gasteiger charge is 2.46. The van der Waals surface area contributed by atoms with Gasteiger partial charge in [0.2, 0.25) is 0 Å². The van der Waals surface area contributed by atoms with Crippen LogP contribution in [0.3, 0.4) is 0 Å². The van der Waals surface area contributed by atoms with Crippen LogP contribution in [0.4, 0.5) is 0 Å². The third-order valence-electron chi connectivity index (χ3n) is 6.90. The minimum Gasteiger partial charge on any atom is -0.507 e. The minimum atomic E-state index is -0.820. The number of amides is 1. The lowest BCUT2D eigenvalue weighted by molar-refractivity contribution is -0.139. The largest absolute Gasteiger partial charge is 0.507 e. The number of aliphatic hydroxyl groups excluding tert-OH is 1. The standard InChI is InChI=1S/C31H31Cl2NO5/c1-31(2,3)20-10-8-19(9-11-20)26-25(27(35)23-16-21(32)17-24(33)29(23)39-5)28(36)30(37)34(26)15-14-18-6-12-22(38-4)13-7-18/h6-13,16-17,26,35H,14-15H2,1-5H3/b27-25+. The summed E-state index contributed by atoms with van der Waals surface area (Å²) in [5, 5.41) is 11.9. The Labute approximate surface area is 238 Å². The van der Waals surface area contributed by atoms with Crippen molar-refractivity contribution in [3.63, 3.8) is 0 Å². The van der Waals surface area contributed by atoms with Crippen molar-refractivity contribution in [1.29, 1.82) is 0 Å². The van der Waals surface area contributed by atoms with Gasteiger partial charge < -0.3 is 19.5 Å². The maximum Gasteiger partial charge on any atom is 0.295 e. The number of benzene rings is 3. The molecule has 1 unspecified atom stereocenters. The molecule has 1 atom stereocenters. The molecule has 3 aromatic carbocycles. The summed E-state index contributed by atoms with van der Waals surface area (Å²) in [5.74, 6) is -0.990. The molecule has 0 spiro atoms. The van der Waals surface area contributed by atoms with Gasteiger partial charge in [-0.05, 0) is 52.8 Å². The SMILES string of the molecule is COc1ccc(CCN2C(=O)C(=O)/C(=C(/O)c3cc(Cl)cc(Cl)c3OC)C2c2ccc(C(C)(C)C)cc2)cc1. The quantitative estimate of drug-likeness (QED) is 0.189. The molecule has 1 fully saturated rings. The lowest BCUT2D eigenvalue weighted by Gasteiger charge is -2.27. The predicted octanol–water partition coefficient (Wildman–Crippen LogP) is 6.97. The molecule has 1 aliphatic rings. The van der Waals surface area contributed by atoms with Crippen molar-refractivity contribution in [2.75, 3.05) is 20.8 Å². The monoisotopic (exact) mass is 567 g/mol. The highest BCUT2D eigenvalue weighted by molar-refractivity contribution is 6.46. The fourth-order valence-electron chi connectivity index (χ4n) is 4.75. The Hall–Kier alpha value is -3.48. The molecule has 0 bridgehead atoms. The van der Waals surface area contributed by atoms with Crippen LogP contribution in [0.15, 0.2) is 66.2 Å². The number of halogens is 2. The number of Topliss-reactive ketones (excluding diaryl/α,β-unsaturated/α-hetero) is 1. The fourth-order valence-corrected chi connectivity index (χ4v) is 5.32. The maximum absolute atomic E-state index is 13.5. The zero-order valence-corrected chi connectivity index (χ0v) is 24.1. The number of aliphatic hydroxyl groups is 1. The van der Waals surface area contributed by atoms with E-state index >= 15 is 0 Å². The van der Waals surface area contributed by atoms with Crippen molar-refractivity contribution >= 4 is 40.7 Å². The number of ether oxygens (including phenoxy) is 2. The van der Waals surface area contributed by atoms with E-state index in [0.717, 1.165) is 16.9 Å². The molecule has 4 rings (SSSR count). The first-order valence-corrected chi connectivity index (χ1v) is 13.3. The van der Waals surface area contributed by atoms with Gasteiger partial charge in [-0.25, -0.2) is 0 Å². The van der Waals surface area contributed by atoms with E-state index in [1.165, 1.54) is 24.1 Å². The van der Waals surface area contributed by atoms with Crippen LogP contribution in [0.1, 0.15) is 49.1 Å². The highest BCUT2D eigenvalue weighted by atomic mass is 35.5. The Bertz CT molecular complexity index is 1420. The van der Waals surface area contributed by atoms with Gasteiger partial charge in [-0.2, -0.15) is 0 Å². The molecule has 1 saturated heterocycles. The molecule has 39 heavy (non-hydrogen) atoms. The topological polar surface area (TPSA) is 76.1 Å². The van der Waals surface area contributed by atoms with Crippen molar-refractivity contribution in [1.82, 2.24) is 4.90 Å². The summed E-state index contributed by atoms with van der Waals surface area (Å²) < 4.78 is 10.6. The molecule has 3 aromatic rings. The Morgan fingerprint density at radius 1 is 0.949 bits per heavy atom. The van der Waals surface area contributed by atoms with Crippen LogP contribution in [0.2, 0.25) is 10.0 Å². The highest BCUT2D eigenvalue weighted by Crippen LogP contribution is 2.43. The average molecular weight is 568 g/mol. The lowest BCUT2D eigenvalue weighted by Crippen LogP contribution is -2.31. The second-order valence-electron chi connectivity index (χ2n) is 10.4. The molecular formula is C31H31Cl2NO5. The minimum absolute atomic E-state index is 0.0464. The Morgan fingerprint density at radius 2 is 1.59 bits per heavy atom. The van der Waals surface area contributed by atoms with Gasteiger partial charge in [-0.3, -0.25) is 9.59 Å². The summed E-state index contributed by atoms with van der Waals surface area (Å²) in [5.41, 5.74) is 2.78. The lowest BCUT2D eigenvalue weighted by atomic mass is 9.85. The summed E-state index contributed by atoms with van der Waals surface area (Å²) >= 11 is 12.5. The number of carbonyl (C=O) groups is 2. The van der Waals surface area contributed by atoms with Gasteiger partial charge in [-0.15, -0.1) is 0 Å². The fraction of sp³-hybridized carbons (Fsp3) is 0.290. The molecular weight excluding hydrogens is 537 g/mol. The first-order chi connectivity index (χ1) is 18.5. The smallest absolute Gasteiger partial charge is 0.295 e. The Kier molecular flexibility index (Phi) is 8.28. The van der Waals surface area contributed by atoms with E-state index in [4.69, 9.17) is 32.7 Å². The first-order valence-electron chi connectivity index (χ1n) is 12.5. The van der Waals surface area contributed by atoms with Gasteiger partial charge in [0, 0.05) is 11.6 Å². The maximum atomic E-state index is 13.5. The molecule has 1 amide bonds. The van der Waals surface area contributed by atoms with E-state index in [-0.39, 0.29) is 38.9 Å². The van der Waals surface area contributed by atoms with Crippen LogP contribution in [-0.4, -0.2) is 42.5 Å².